The highest BCUT2D eigenvalue weighted by Gasteiger charge is 2.71. The number of hydrogen-bond donors (Lipinski definition) is 1. The van der Waals surface area contributed by atoms with E-state index in [9.17, 15) is 9.59 Å². The lowest BCUT2D eigenvalue weighted by atomic mass is 9.32. The van der Waals surface area contributed by atoms with Crippen molar-refractivity contribution in [2.45, 2.75) is 106 Å². The third kappa shape index (κ3) is 3.78. The minimum Gasteiger partial charge on any atom is -0.326 e. The van der Waals surface area contributed by atoms with Crippen LogP contribution in [0.1, 0.15) is 106 Å². The molecule has 4 heteroatoms. The molecule has 1 N–H and O–H groups in total. The molecule has 3 nitrogen and oxygen atoms in total. The van der Waals surface area contributed by atoms with Gasteiger partial charge in [-0.25, -0.2) is 0 Å². The number of halogens is 1. The van der Waals surface area contributed by atoms with Crippen LogP contribution in [0.4, 0.5) is 5.69 Å². The molecule has 1 amide bonds. The smallest absolute Gasteiger partial charge is 0.230 e. The largest absolute Gasteiger partial charge is 0.326 e. The quantitative estimate of drug-likeness (QED) is 0.261. The van der Waals surface area contributed by atoms with E-state index in [4.69, 9.17) is 0 Å². The Morgan fingerprint density at radius 2 is 1.57 bits per heavy atom. The summed E-state index contributed by atoms with van der Waals surface area (Å²) < 4.78 is 1.18. The predicted molar refractivity (Wildman–Crippen MR) is 172 cm³/mol. The van der Waals surface area contributed by atoms with E-state index in [1.165, 1.54) is 28.4 Å². The Morgan fingerprint density at radius 1 is 0.875 bits per heavy atom. The van der Waals surface area contributed by atoms with Gasteiger partial charge in [-0.2, -0.15) is 0 Å². The van der Waals surface area contributed by atoms with Crippen LogP contribution in [0.2, 0.25) is 0 Å². The summed E-state index contributed by atoms with van der Waals surface area (Å²) in [5, 5.41) is 3.39. The number of fused-ring (bicyclic) bond motifs is 7. The number of carbonyl (C=O) groups excluding carboxylic acids is 2. The molecule has 218 valence electrons. The summed E-state index contributed by atoms with van der Waals surface area (Å²) in [5.41, 5.74) is 2.33. The Balaban J connectivity index is 1.37. The second-order valence-corrected chi connectivity index (χ2v) is 17.2. The Hall–Kier alpha value is -1.17. The fourth-order valence-electron chi connectivity index (χ4n) is 12.1. The van der Waals surface area contributed by atoms with Crippen molar-refractivity contribution in [3.05, 3.63) is 40.0 Å². The van der Waals surface area contributed by atoms with Crippen LogP contribution < -0.4 is 5.32 Å². The molecule has 40 heavy (non-hydrogen) atoms. The summed E-state index contributed by atoms with van der Waals surface area (Å²) in [6.07, 6.45) is 10.8. The Kier molecular flexibility index (Phi) is 6.81. The van der Waals surface area contributed by atoms with Crippen molar-refractivity contribution in [3.63, 3.8) is 0 Å². The van der Waals surface area contributed by atoms with Crippen molar-refractivity contribution in [1.82, 2.24) is 0 Å². The maximum absolute atomic E-state index is 14.3. The van der Waals surface area contributed by atoms with Crippen LogP contribution in [0, 0.1) is 60.2 Å². The lowest BCUT2D eigenvalue weighted by molar-refractivity contribution is -0.232. The van der Waals surface area contributed by atoms with Gasteiger partial charge in [0.1, 0.15) is 5.78 Å². The second kappa shape index (κ2) is 9.41. The summed E-state index contributed by atoms with van der Waals surface area (Å²) in [4.78, 5) is 27.4. The van der Waals surface area contributed by atoms with Gasteiger partial charge in [-0.05, 0) is 157 Å². The number of rotatable bonds is 3. The van der Waals surface area contributed by atoms with Crippen molar-refractivity contribution in [2.24, 2.45) is 56.7 Å². The predicted octanol–water partition coefficient (Wildman–Crippen LogP) is 9.46. The number of anilines is 1. The number of hydrogen-bond acceptors (Lipinski definition) is 2. The van der Waals surface area contributed by atoms with Gasteiger partial charge in [-0.3, -0.25) is 9.59 Å². The SMILES string of the molecule is C=C(C)[C@@H]1CCC2(C(=O)Nc3ccc(I)cc3)CC[C@]3(C)C(CCC4[C@@]5(C)CCC(=O)C(C)(C)C5CC[C@]43C)C12. The topological polar surface area (TPSA) is 46.2 Å². The van der Waals surface area contributed by atoms with E-state index in [-0.39, 0.29) is 33.0 Å². The fraction of sp³-hybridized carbons (Fsp3) is 0.722. The molecule has 5 unspecified atom stereocenters. The van der Waals surface area contributed by atoms with Gasteiger partial charge in [-0.15, -0.1) is 0 Å². The van der Waals surface area contributed by atoms with Gasteiger partial charge in [0, 0.05) is 21.1 Å². The first-order valence-corrected chi connectivity index (χ1v) is 17.0. The first-order valence-electron chi connectivity index (χ1n) is 16.0. The average molecular weight is 656 g/mol. The molecular weight excluding hydrogens is 605 g/mol. The molecule has 5 saturated carbocycles. The van der Waals surface area contributed by atoms with E-state index in [2.05, 4.69) is 88.2 Å². The van der Waals surface area contributed by atoms with Crippen molar-refractivity contribution >= 4 is 40.0 Å². The third-order valence-corrected chi connectivity index (χ3v) is 15.1. The number of benzene rings is 1. The second-order valence-electron chi connectivity index (χ2n) is 15.9. The maximum atomic E-state index is 14.3. The molecule has 1 aromatic rings. The lowest BCUT2D eigenvalue weighted by Crippen LogP contribution is -2.67. The maximum Gasteiger partial charge on any atom is 0.230 e. The van der Waals surface area contributed by atoms with E-state index in [1.54, 1.807) is 0 Å². The monoisotopic (exact) mass is 655 g/mol. The standard InChI is InChI=1S/C36H50INO2/c1-22(2)25-14-19-36(31(40)38-24-10-8-23(37)9-11-24)21-20-34(6)26(30(25)36)12-13-28-33(5)17-16-29(39)32(3,4)27(33)15-18-35(28,34)7/h8-11,25-28,30H,1,12-21H2,2-7H3,(H,38,40)/t25-,26?,27?,28?,30?,33-,34+,35+,36?/m0/s1. The van der Waals surface area contributed by atoms with Crippen LogP contribution in [0.25, 0.3) is 0 Å². The first kappa shape index (κ1) is 28.9. The summed E-state index contributed by atoms with van der Waals surface area (Å²) in [6.45, 7) is 19.0. The Bertz CT molecular complexity index is 1240. The van der Waals surface area contributed by atoms with Gasteiger partial charge in [0.2, 0.25) is 5.91 Å². The van der Waals surface area contributed by atoms with Crippen LogP contribution in [0.3, 0.4) is 0 Å². The molecule has 9 atom stereocenters. The number of nitrogens with one attached hydrogen (secondary N) is 1. The number of ketones is 1. The molecule has 5 aliphatic carbocycles. The molecule has 0 aromatic heterocycles. The van der Waals surface area contributed by atoms with Crippen LogP contribution in [-0.4, -0.2) is 11.7 Å². The van der Waals surface area contributed by atoms with Crippen LogP contribution in [0.5, 0.6) is 0 Å². The van der Waals surface area contributed by atoms with Crippen molar-refractivity contribution in [1.29, 1.82) is 0 Å². The number of Topliss-reactive ketones (excluding diaryl/α,β-unsaturated/α-hetero) is 1. The molecule has 0 radical (unpaired) electrons. The van der Waals surface area contributed by atoms with E-state index in [1.807, 2.05) is 12.1 Å². The van der Waals surface area contributed by atoms with Crippen molar-refractivity contribution in [2.75, 3.05) is 5.32 Å². The summed E-state index contributed by atoms with van der Waals surface area (Å²) in [7, 11) is 0. The van der Waals surface area contributed by atoms with Gasteiger partial charge >= 0.3 is 0 Å². The van der Waals surface area contributed by atoms with Crippen LogP contribution in [-0.2, 0) is 9.59 Å². The highest BCUT2D eigenvalue weighted by Crippen LogP contribution is 2.77. The van der Waals surface area contributed by atoms with Gasteiger partial charge in [0.25, 0.3) is 0 Å². The molecule has 0 heterocycles. The first-order chi connectivity index (χ1) is 18.7. The Morgan fingerprint density at radius 3 is 2.25 bits per heavy atom. The highest BCUT2D eigenvalue weighted by atomic mass is 127. The zero-order valence-electron chi connectivity index (χ0n) is 25.7. The molecule has 0 bridgehead atoms. The van der Waals surface area contributed by atoms with Crippen LogP contribution >= 0.6 is 22.6 Å². The van der Waals surface area contributed by atoms with Crippen molar-refractivity contribution < 1.29 is 9.59 Å². The fourth-order valence-corrected chi connectivity index (χ4v) is 12.5. The van der Waals surface area contributed by atoms with Gasteiger partial charge < -0.3 is 5.32 Å². The zero-order valence-corrected chi connectivity index (χ0v) is 27.8. The molecule has 0 saturated heterocycles. The molecule has 1 aromatic carbocycles. The normalized spacial score (nSPS) is 45.5. The van der Waals surface area contributed by atoms with E-state index < -0.39 is 0 Å². The van der Waals surface area contributed by atoms with Gasteiger partial charge in [0.05, 0.1) is 5.41 Å². The summed E-state index contributed by atoms with van der Waals surface area (Å²) in [5.74, 6) is 3.18. The van der Waals surface area contributed by atoms with E-state index >= 15 is 0 Å². The minimum absolute atomic E-state index is 0.199. The summed E-state index contributed by atoms with van der Waals surface area (Å²) >= 11 is 2.32. The molecule has 0 spiro atoms. The lowest BCUT2D eigenvalue weighted by Gasteiger charge is -2.72. The number of allylic oxidation sites excluding steroid dienone is 1. The van der Waals surface area contributed by atoms with Crippen LogP contribution in [0.15, 0.2) is 36.4 Å². The minimum atomic E-state index is -0.305. The zero-order chi connectivity index (χ0) is 28.9. The molecule has 5 aliphatic rings. The molecule has 0 aliphatic heterocycles. The number of carbonyl (C=O) groups is 2. The average Bonchev–Trinajstić information content (AvgIpc) is 3.30. The van der Waals surface area contributed by atoms with Crippen molar-refractivity contribution in [3.8, 4) is 0 Å². The molecular formula is C36H50INO2. The highest BCUT2D eigenvalue weighted by molar-refractivity contribution is 14.1. The molecule has 5 fully saturated rings. The molecule has 6 rings (SSSR count). The van der Waals surface area contributed by atoms with Gasteiger partial charge in [-0.1, -0.05) is 46.8 Å². The van der Waals surface area contributed by atoms with E-state index in [0.29, 0.717) is 35.4 Å². The summed E-state index contributed by atoms with van der Waals surface area (Å²) in [6, 6.07) is 8.25. The third-order valence-electron chi connectivity index (χ3n) is 14.4. The van der Waals surface area contributed by atoms with Gasteiger partial charge in [0.15, 0.2) is 0 Å². The number of amides is 1. The van der Waals surface area contributed by atoms with E-state index in [0.717, 1.165) is 50.6 Å². The Labute approximate surface area is 256 Å².